The number of carboxylic acid groups (broad SMARTS) is 4. The number of unbranched alkanes of at least 4 members (excludes halogenated alkanes) is 25. The zero-order valence-electron chi connectivity index (χ0n) is 27.3. The van der Waals surface area contributed by atoms with E-state index in [0.717, 1.165) is 64.2 Å². The molecule has 0 spiro atoms. The molecule has 0 aromatic heterocycles. The van der Waals surface area contributed by atoms with Crippen LogP contribution in [0.1, 0.15) is 199 Å². The van der Waals surface area contributed by atoms with Gasteiger partial charge in [-0.1, -0.05) is 148 Å². The number of carboxylic acids is 4. The third-order valence-corrected chi connectivity index (χ3v) is 7.81. The summed E-state index contributed by atoms with van der Waals surface area (Å²) in [5, 5.41) is 34.0. The molecular formula is C35H66O8. The van der Waals surface area contributed by atoms with Crippen molar-refractivity contribution >= 4 is 23.9 Å². The van der Waals surface area contributed by atoms with Crippen molar-refractivity contribution < 1.29 is 39.6 Å². The molecule has 0 saturated heterocycles. The van der Waals surface area contributed by atoms with Gasteiger partial charge in [-0.25, -0.2) is 0 Å². The summed E-state index contributed by atoms with van der Waals surface area (Å²) in [4.78, 5) is 41.3. The van der Waals surface area contributed by atoms with Crippen molar-refractivity contribution in [3.05, 3.63) is 0 Å². The van der Waals surface area contributed by atoms with Gasteiger partial charge in [-0.3, -0.25) is 19.2 Å². The lowest BCUT2D eigenvalue weighted by molar-refractivity contribution is -0.138. The maximum absolute atomic E-state index is 10.3. The average molecular weight is 615 g/mol. The van der Waals surface area contributed by atoms with Crippen molar-refractivity contribution in [2.75, 3.05) is 0 Å². The number of hydrogen-bond acceptors (Lipinski definition) is 4. The fourth-order valence-corrected chi connectivity index (χ4v) is 5.17. The molecule has 0 amide bonds. The lowest BCUT2D eigenvalue weighted by Crippen LogP contribution is -1.93. The van der Waals surface area contributed by atoms with Crippen LogP contribution < -0.4 is 0 Å². The Morgan fingerprint density at radius 1 is 0.209 bits per heavy atom. The molecule has 4 N–H and O–H groups in total. The molecule has 0 fully saturated rings. The Morgan fingerprint density at radius 2 is 0.302 bits per heavy atom. The summed E-state index contributed by atoms with van der Waals surface area (Å²) in [7, 11) is 0. The monoisotopic (exact) mass is 614 g/mol. The number of rotatable bonds is 33. The summed E-state index contributed by atoms with van der Waals surface area (Å²) >= 11 is 0. The van der Waals surface area contributed by atoms with E-state index in [1.165, 1.54) is 109 Å². The molecule has 0 unspecified atom stereocenters. The van der Waals surface area contributed by atoms with Gasteiger partial charge in [0.2, 0.25) is 0 Å². The third-order valence-electron chi connectivity index (χ3n) is 7.81. The number of aliphatic carboxylic acids is 4. The van der Waals surface area contributed by atoms with E-state index in [9.17, 15) is 19.2 Å². The summed E-state index contributed by atoms with van der Waals surface area (Å²) in [6.45, 7) is 0. The fourth-order valence-electron chi connectivity index (χ4n) is 5.17. The van der Waals surface area contributed by atoms with E-state index in [-0.39, 0.29) is 0 Å². The smallest absolute Gasteiger partial charge is 0.303 e. The predicted octanol–water partition coefficient (Wildman–Crippen LogP) is 10.4. The number of carbonyl (C=O) groups is 4. The van der Waals surface area contributed by atoms with Gasteiger partial charge in [0.05, 0.1) is 0 Å². The topological polar surface area (TPSA) is 149 Å². The van der Waals surface area contributed by atoms with Gasteiger partial charge in [0.15, 0.2) is 0 Å². The van der Waals surface area contributed by atoms with Gasteiger partial charge >= 0.3 is 23.9 Å². The Morgan fingerprint density at radius 3 is 0.395 bits per heavy atom. The van der Waals surface area contributed by atoms with E-state index in [2.05, 4.69) is 0 Å². The van der Waals surface area contributed by atoms with Gasteiger partial charge in [0.1, 0.15) is 0 Å². The quantitative estimate of drug-likeness (QED) is 0.0533. The fraction of sp³-hybridized carbons (Fsp3) is 0.886. The first-order valence-electron chi connectivity index (χ1n) is 17.6. The molecule has 0 heterocycles. The molecule has 0 aromatic rings. The Hall–Kier alpha value is -2.12. The molecule has 0 aliphatic carbocycles. The minimum absolute atomic E-state index is 0.312. The number of hydrogen-bond donors (Lipinski definition) is 4. The molecular weight excluding hydrogens is 548 g/mol. The van der Waals surface area contributed by atoms with E-state index in [4.69, 9.17) is 20.4 Å². The summed E-state index contributed by atoms with van der Waals surface area (Å²) in [5.41, 5.74) is 0. The first-order valence-corrected chi connectivity index (χ1v) is 17.6. The lowest BCUT2D eigenvalue weighted by Gasteiger charge is -2.03. The molecule has 8 nitrogen and oxygen atoms in total. The summed E-state index contributed by atoms with van der Waals surface area (Å²) in [6.07, 6.45) is 32.5. The van der Waals surface area contributed by atoms with Crippen molar-refractivity contribution in [2.45, 2.75) is 199 Å². The second-order valence-corrected chi connectivity index (χ2v) is 12.1. The van der Waals surface area contributed by atoms with E-state index < -0.39 is 23.9 Å². The molecule has 0 aliphatic rings. The Labute approximate surface area is 262 Å². The molecule has 0 aromatic carbocycles. The van der Waals surface area contributed by atoms with Gasteiger partial charge in [-0.05, 0) is 25.7 Å². The molecule has 0 aliphatic heterocycles. The van der Waals surface area contributed by atoms with Crippen molar-refractivity contribution in [1.29, 1.82) is 0 Å². The first kappa shape index (κ1) is 43.0. The van der Waals surface area contributed by atoms with Crippen LogP contribution in [0.3, 0.4) is 0 Å². The van der Waals surface area contributed by atoms with Gasteiger partial charge < -0.3 is 20.4 Å². The van der Waals surface area contributed by atoms with Crippen molar-refractivity contribution in [3.8, 4) is 0 Å². The minimum Gasteiger partial charge on any atom is -0.481 e. The molecule has 8 heteroatoms. The van der Waals surface area contributed by atoms with E-state index in [1.54, 1.807) is 0 Å². The van der Waals surface area contributed by atoms with Crippen LogP contribution in [0.25, 0.3) is 0 Å². The molecule has 0 atom stereocenters. The zero-order valence-corrected chi connectivity index (χ0v) is 27.3. The largest absolute Gasteiger partial charge is 0.481 e. The highest BCUT2D eigenvalue weighted by atomic mass is 16.4. The molecule has 43 heavy (non-hydrogen) atoms. The van der Waals surface area contributed by atoms with Crippen LogP contribution in [-0.4, -0.2) is 44.3 Å². The molecule has 0 saturated carbocycles. The second-order valence-electron chi connectivity index (χ2n) is 12.1. The Kier molecular flexibility index (Phi) is 36.1. The maximum Gasteiger partial charge on any atom is 0.303 e. The average Bonchev–Trinajstić information content (AvgIpc) is 2.94. The Bertz CT molecular complexity index is 596. The van der Waals surface area contributed by atoms with Crippen molar-refractivity contribution in [1.82, 2.24) is 0 Å². The van der Waals surface area contributed by atoms with Crippen molar-refractivity contribution in [3.63, 3.8) is 0 Å². The maximum atomic E-state index is 10.3. The normalized spacial score (nSPS) is 10.7. The van der Waals surface area contributed by atoms with E-state index in [1.807, 2.05) is 0 Å². The van der Waals surface area contributed by atoms with Crippen LogP contribution in [0.5, 0.6) is 0 Å². The van der Waals surface area contributed by atoms with Gasteiger partial charge in [-0.2, -0.15) is 0 Å². The molecule has 254 valence electrons. The summed E-state index contributed by atoms with van der Waals surface area (Å²) < 4.78 is 0. The predicted molar refractivity (Wildman–Crippen MR) is 174 cm³/mol. The molecule has 0 rings (SSSR count). The lowest BCUT2D eigenvalue weighted by atomic mass is 10.0. The highest BCUT2D eigenvalue weighted by Crippen LogP contribution is 2.15. The van der Waals surface area contributed by atoms with Gasteiger partial charge in [0, 0.05) is 25.7 Å². The van der Waals surface area contributed by atoms with Crippen LogP contribution in [0.15, 0.2) is 0 Å². The van der Waals surface area contributed by atoms with Crippen molar-refractivity contribution in [2.24, 2.45) is 0 Å². The minimum atomic E-state index is -0.682. The van der Waals surface area contributed by atoms with Crippen LogP contribution in [0.2, 0.25) is 0 Å². The highest BCUT2D eigenvalue weighted by Gasteiger charge is 2.00. The molecule has 0 radical (unpaired) electrons. The third kappa shape index (κ3) is 47.0. The van der Waals surface area contributed by atoms with Crippen LogP contribution in [-0.2, 0) is 19.2 Å². The van der Waals surface area contributed by atoms with Crippen LogP contribution in [0.4, 0.5) is 0 Å². The van der Waals surface area contributed by atoms with Crippen LogP contribution in [0, 0.1) is 0 Å². The molecule has 0 bridgehead atoms. The van der Waals surface area contributed by atoms with Crippen LogP contribution >= 0.6 is 0 Å². The summed E-state index contributed by atoms with van der Waals surface area (Å²) in [6, 6.07) is 0. The van der Waals surface area contributed by atoms with E-state index >= 15 is 0 Å². The standard InChI is InChI=1S/C18H34O4.C17H32O4/c19-17(20)15-13-11-9-7-5-3-1-2-4-6-8-10-12-14-16-18(21)22;18-16(19)14-12-10-8-6-4-2-1-3-5-7-9-11-13-15-17(20)21/h1-16H2,(H,19,20)(H,21,22);1-15H2,(H,18,19)(H,20,21). The zero-order chi connectivity index (χ0) is 32.2. The Balaban J connectivity index is 0. The van der Waals surface area contributed by atoms with Gasteiger partial charge in [0.25, 0.3) is 0 Å². The van der Waals surface area contributed by atoms with Gasteiger partial charge in [-0.15, -0.1) is 0 Å². The van der Waals surface area contributed by atoms with E-state index in [0.29, 0.717) is 25.7 Å². The summed E-state index contributed by atoms with van der Waals surface area (Å²) in [5.74, 6) is -2.72. The first-order chi connectivity index (χ1) is 20.8. The SMILES string of the molecule is O=C(O)CCCCCCCCCCCCCCCC(=O)O.O=C(O)CCCCCCCCCCCCCCCCC(=O)O. The highest BCUT2D eigenvalue weighted by molar-refractivity contribution is 5.67. The second kappa shape index (κ2) is 36.1.